The third kappa shape index (κ3) is 3.91. The molecule has 1 aliphatic heterocycles. The van der Waals surface area contributed by atoms with Gasteiger partial charge in [-0.15, -0.1) is 0 Å². The predicted octanol–water partition coefficient (Wildman–Crippen LogP) is 2.81. The van der Waals surface area contributed by atoms with E-state index in [1.165, 1.54) is 6.33 Å². The zero-order valence-corrected chi connectivity index (χ0v) is 16.1. The quantitative estimate of drug-likeness (QED) is 0.572. The van der Waals surface area contributed by atoms with Crippen molar-refractivity contribution in [2.75, 3.05) is 32.2 Å². The zero-order valence-electron chi connectivity index (χ0n) is 15.4. The molecule has 0 fully saturated rings. The van der Waals surface area contributed by atoms with E-state index in [0.29, 0.717) is 41.2 Å². The first-order chi connectivity index (χ1) is 13.1. The number of hydrogen-bond acceptors (Lipinski definition) is 7. The van der Waals surface area contributed by atoms with E-state index in [0.717, 1.165) is 5.56 Å². The summed E-state index contributed by atoms with van der Waals surface area (Å²) in [4.78, 5) is 17.0. The van der Waals surface area contributed by atoms with Gasteiger partial charge in [0.2, 0.25) is 5.95 Å². The molecule has 2 heterocycles. The summed E-state index contributed by atoms with van der Waals surface area (Å²) in [6.45, 7) is 4.68. The van der Waals surface area contributed by atoms with E-state index in [1.807, 2.05) is 13.0 Å². The second-order valence-electron chi connectivity index (χ2n) is 5.85. The molecule has 1 atom stereocenters. The molecule has 1 aliphatic rings. The Morgan fingerprint density at radius 2 is 2.19 bits per heavy atom. The van der Waals surface area contributed by atoms with Crippen molar-refractivity contribution in [1.82, 2.24) is 14.8 Å². The minimum atomic E-state index is -0.521. The molecule has 1 unspecified atom stereocenters. The lowest BCUT2D eigenvalue weighted by atomic mass is 9.95. The summed E-state index contributed by atoms with van der Waals surface area (Å²) in [6, 6.07) is 4.88. The van der Waals surface area contributed by atoms with Gasteiger partial charge in [-0.25, -0.2) is 9.48 Å². The van der Waals surface area contributed by atoms with Crippen molar-refractivity contribution in [1.29, 1.82) is 0 Å². The van der Waals surface area contributed by atoms with Crippen molar-refractivity contribution >= 4 is 23.5 Å². The number of methoxy groups -OCH3 is 1. The van der Waals surface area contributed by atoms with Crippen LogP contribution in [0.3, 0.4) is 0 Å². The summed E-state index contributed by atoms with van der Waals surface area (Å²) in [7, 11) is 1.55. The van der Waals surface area contributed by atoms with Crippen LogP contribution in [0.5, 0.6) is 5.75 Å². The number of benzene rings is 1. The van der Waals surface area contributed by atoms with E-state index < -0.39 is 12.0 Å². The Morgan fingerprint density at radius 3 is 2.89 bits per heavy atom. The van der Waals surface area contributed by atoms with Gasteiger partial charge >= 0.3 is 5.97 Å². The van der Waals surface area contributed by atoms with Crippen LogP contribution in [0.1, 0.15) is 25.5 Å². The van der Waals surface area contributed by atoms with Gasteiger partial charge in [-0.05, 0) is 31.5 Å². The second-order valence-corrected chi connectivity index (χ2v) is 6.25. The third-order valence-corrected chi connectivity index (χ3v) is 4.40. The number of anilines is 1. The van der Waals surface area contributed by atoms with E-state index in [4.69, 9.17) is 25.8 Å². The van der Waals surface area contributed by atoms with Crippen LogP contribution in [0.4, 0.5) is 5.95 Å². The number of carbonyl (C=O) groups excluding carboxylic acids is 1. The first-order valence-corrected chi connectivity index (χ1v) is 8.90. The predicted molar refractivity (Wildman–Crippen MR) is 99.9 cm³/mol. The summed E-state index contributed by atoms with van der Waals surface area (Å²) in [5.74, 6) is 0.671. The van der Waals surface area contributed by atoms with Crippen LogP contribution in [0, 0.1) is 0 Å². The number of rotatable bonds is 7. The first kappa shape index (κ1) is 19.2. The van der Waals surface area contributed by atoms with Gasteiger partial charge in [0.05, 0.1) is 23.8 Å². The minimum Gasteiger partial charge on any atom is -0.492 e. The van der Waals surface area contributed by atoms with Crippen LogP contribution in [0.25, 0.3) is 0 Å². The number of esters is 1. The highest BCUT2D eigenvalue weighted by Gasteiger charge is 2.34. The van der Waals surface area contributed by atoms with Crippen molar-refractivity contribution in [2.24, 2.45) is 0 Å². The smallest absolute Gasteiger partial charge is 0.338 e. The van der Waals surface area contributed by atoms with Gasteiger partial charge in [0.25, 0.3) is 0 Å². The van der Waals surface area contributed by atoms with Gasteiger partial charge in [0.1, 0.15) is 24.7 Å². The molecule has 27 heavy (non-hydrogen) atoms. The Bertz CT molecular complexity index is 865. The molecule has 8 nitrogen and oxygen atoms in total. The summed E-state index contributed by atoms with van der Waals surface area (Å²) >= 11 is 6.36. The van der Waals surface area contributed by atoms with Crippen LogP contribution < -0.4 is 10.1 Å². The number of hydrogen-bond donors (Lipinski definition) is 1. The molecule has 0 saturated carbocycles. The number of halogens is 1. The number of fused-ring (bicyclic) bond motifs is 1. The second kappa shape index (κ2) is 8.41. The van der Waals surface area contributed by atoms with Crippen molar-refractivity contribution in [2.45, 2.75) is 19.9 Å². The molecule has 0 bridgehead atoms. The Morgan fingerprint density at radius 1 is 1.37 bits per heavy atom. The third-order valence-electron chi connectivity index (χ3n) is 4.11. The van der Waals surface area contributed by atoms with E-state index >= 15 is 0 Å². The number of nitrogens with one attached hydrogen (secondary N) is 1. The highest BCUT2D eigenvalue weighted by atomic mass is 35.5. The normalized spacial score (nSPS) is 15.9. The lowest BCUT2D eigenvalue weighted by molar-refractivity contribution is -0.140. The van der Waals surface area contributed by atoms with Crippen molar-refractivity contribution < 1.29 is 19.0 Å². The lowest BCUT2D eigenvalue weighted by Crippen LogP contribution is -2.30. The number of carbonyl (C=O) groups is 1. The molecule has 2 aromatic rings. The number of aromatic nitrogens is 3. The number of nitrogens with zero attached hydrogens (tertiary/aromatic N) is 3. The zero-order chi connectivity index (χ0) is 19.4. The standard InChI is InChI=1S/C18H21ClN4O4/c1-4-26-14-6-5-12(9-13(14)19)16-15(17(24)27-8-7-25-3)11(2)22-18-20-10-21-23(16)18/h5-6,9-10,16H,4,7-8H2,1-3H3,(H,20,21,22). The molecule has 3 rings (SSSR count). The van der Waals surface area contributed by atoms with Crippen LogP contribution in [-0.2, 0) is 14.3 Å². The van der Waals surface area contributed by atoms with Crippen molar-refractivity contribution in [3.05, 3.63) is 46.4 Å². The molecular formula is C18H21ClN4O4. The number of allylic oxidation sites excluding steroid dienone is 1. The fourth-order valence-electron chi connectivity index (χ4n) is 2.92. The van der Waals surface area contributed by atoms with Crippen LogP contribution in [-0.4, -0.2) is 47.7 Å². The average Bonchev–Trinajstić information content (AvgIpc) is 3.10. The summed E-state index contributed by atoms with van der Waals surface area (Å²) in [5.41, 5.74) is 1.85. The Kier molecular flexibility index (Phi) is 5.98. The maximum absolute atomic E-state index is 12.8. The van der Waals surface area contributed by atoms with Gasteiger partial charge in [-0.3, -0.25) is 0 Å². The topological polar surface area (TPSA) is 87.5 Å². The van der Waals surface area contributed by atoms with Gasteiger partial charge in [-0.1, -0.05) is 17.7 Å². The highest BCUT2D eigenvalue weighted by molar-refractivity contribution is 6.32. The van der Waals surface area contributed by atoms with Gasteiger partial charge in [-0.2, -0.15) is 10.1 Å². The number of ether oxygens (including phenoxy) is 3. The Hall–Kier alpha value is -2.58. The first-order valence-electron chi connectivity index (χ1n) is 8.52. The molecule has 0 radical (unpaired) electrons. The molecule has 0 spiro atoms. The van der Waals surface area contributed by atoms with E-state index in [2.05, 4.69) is 15.4 Å². The molecular weight excluding hydrogens is 372 g/mol. The van der Waals surface area contributed by atoms with Gasteiger partial charge < -0.3 is 19.5 Å². The average molecular weight is 393 g/mol. The minimum absolute atomic E-state index is 0.160. The van der Waals surface area contributed by atoms with E-state index in [9.17, 15) is 4.79 Å². The molecule has 0 aliphatic carbocycles. The van der Waals surface area contributed by atoms with Crippen LogP contribution in [0.15, 0.2) is 35.8 Å². The molecule has 0 saturated heterocycles. The molecule has 0 amide bonds. The molecule has 9 heteroatoms. The summed E-state index contributed by atoms with van der Waals surface area (Å²) in [6.07, 6.45) is 1.43. The summed E-state index contributed by atoms with van der Waals surface area (Å²) in [5, 5.41) is 7.81. The van der Waals surface area contributed by atoms with Crippen molar-refractivity contribution in [3.63, 3.8) is 0 Å². The molecule has 1 aromatic heterocycles. The SMILES string of the molecule is CCOc1ccc(C2C(C(=O)OCCOC)=C(C)Nc3ncnn32)cc1Cl. The lowest BCUT2D eigenvalue weighted by Gasteiger charge is -2.28. The van der Waals surface area contributed by atoms with Crippen LogP contribution >= 0.6 is 11.6 Å². The monoisotopic (exact) mass is 392 g/mol. The Labute approximate surface area is 162 Å². The van der Waals surface area contributed by atoms with Crippen LogP contribution in [0.2, 0.25) is 5.02 Å². The fourth-order valence-corrected chi connectivity index (χ4v) is 3.16. The Balaban J connectivity index is 2.01. The molecule has 1 N–H and O–H groups in total. The van der Waals surface area contributed by atoms with Crippen molar-refractivity contribution in [3.8, 4) is 5.75 Å². The van der Waals surface area contributed by atoms with Gasteiger partial charge in [0.15, 0.2) is 0 Å². The summed E-state index contributed by atoms with van der Waals surface area (Å²) < 4.78 is 17.4. The highest BCUT2D eigenvalue weighted by Crippen LogP contribution is 2.37. The fraction of sp³-hybridized carbons (Fsp3) is 0.389. The largest absolute Gasteiger partial charge is 0.492 e. The molecule has 1 aromatic carbocycles. The van der Waals surface area contributed by atoms with E-state index in [-0.39, 0.29) is 6.61 Å². The molecule has 144 valence electrons. The maximum atomic E-state index is 12.8. The maximum Gasteiger partial charge on any atom is 0.338 e. The van der Waals surface area contributed by atoms with Gasteiger partial charge in [0, 0.05) is 12.8 Å². The van der Waals surface area contributed by atoms with E-state index in [1.54, 1.807) is 30.8 Å².